The third kappa shape index (κ3) is 4.58. The Morgan fingerprint density at radius 3 is 2.74 bits per heavy atom. The summed E-state index contributed by atoms with van der Waals surface area (Å²) in [5, 5.41) is 9.18. The molecule has 0 saturated carbocycles. The summed E-state index contributed by atoms with van der Waals surface area (Å²) in [7, 11) is 0. The number of carbonyl (C=O) groups is 1. The molecule has 1 atom stereocenters. The van der Waals surface area contributed by atoms with Crippen LogP contribution in [0.5, 0.6) is 5.75 Å². The number of nitrogens with zero attached hydrogens (tertiary/aromatic N) is 2. The van der Waals surface area contributed by atoms with Crippen LogP contribution >= 0.6 is 0 Å². The fourth-order valence-corrected chi connectivity index (χ4v) is 2.92. The number of oxazole rings is 1. The van der Waals surface area contributed by atoms with Crippen molar-refractivity contribution in [2.24, 2.45) is 0 Å². The molecule has 3 rings (SSSR count). The van der Waals surface area contributed by atoms with Crippen LogP contribution in [0.4, 0.5) is 6.01 Å². The van der Waals surface area contributed by atoms with Gasteiger partial charge in [-0.3, -0.25) is 0 Å². The Kier molecular flexibility index (Phi) is 5.96. The molecule has 6 nitrogen and oxygen atoms in total. The average Bonchev–Trinajstić information content (AvgIpc) is 3.10. The maximum absolute atomic E-state index is 11.2. The van der Waals surface area contributed by atoms with Crippen molar-refractivity contribution in [1.29, 1.82) is 0 Å². The Morgan fingerprint density at radius 2 is 2.04 bits per heavy atom. The Labute approximate surface area is 158 Å². The zero-order valence-electron chi connectivity index (χ0n) is 15.6. The number of carboxylic acids is 1. The lowest BCUT2D eigenvalue weighted by atomic mass is 10.2. The molecule has 0 radical (unpaired) electrons. The van der Waals surface area contributed by atoms with Crippen LogP contribution < -0.4 is 9.64 Å². The van der Waals surface area contributed by atoms with Gasteiger partial charge in [-0.15, -0.1) is 0 Å². The third-order valence-electron chi connectivity index (χ3n) is 4.24. The highest BCUT2D eigenvalue weighted by atomic mass is 16.5. The summed E-state index contributed by atoms with van der Waals surface area (Å²) in [6.45, 7) is 5.29. The van der Waals surface area contributed by atoms with Gasteiger partial charge in [0.25, 0.3) is 6.01 Å². The zero-order valence-corrected chi connectivity index (χ0v) is 15.6. The number of aromatic nitrogens is 1. The van der Waals surface area contributed by atoms with E-state index in [-0.39, 0.29) is 0 Å². The number of ether oxygens (including phenoxy) is 1. The maximum atomic E-state index is 11.2. The van der Waals surface area contributed by atoms with Gasteiger partial charge in [0, 0.05) is 13.1 Å². The van der Waals surface area contributed by atoms with Crippen LogP contribution in [-0.4, -0.2) is 28.7 Å². The molecule has 0 aliphatic rings. The highest BCUT2D eigenvalue weighted by Gasteiger charge is 2.18. The monoisotopic (exact) mass is 368 g/mol. The first kappa shape index (κ1) is 18.8. The van der Waals surface area contributed by atoms with Gasteiger partial charge in [0.1, 0.15) is 11.3 Å². The number of rotatable bonds is 9. The molecule has 142 valence electrons. The van der Waals surface area contributed by atoms with E-state index in [9.17, 15) is 9.90 Å². The van der Waals surface area contributed by atoms with Crippen LogP contribution in [0, 0.1) is 0 Å². The molecule has 0 fully saturated rings. The summed E-state index contributed by atoms with van der Waals surface area (Å²) in [6.07, 6.45) is 0.514. The molecule has 0 amide bonds. The van der Waals surface area contributed by atoms with E-state index in [1.165, 1.54) is 0 Å². The number of hydrogen-bond acceptors (Lipinski definition) is 5. The molecule has 3 aromatic rings. The first-order valence-electron chi connectivity index (χ1n) is 9.19. The fraction of sp³-hybridized carbons (Fsp3) is 0.333. The van der Waals surface area contributed by atoms with E-state index in [0.29, 0.717) is 24.7 Å². The van der Waals surface area contributed by atoms with Gasteiger partial charge in [-0.1, -0.05) is 38.1 Å². The molecule has 6 heteroatoms. The molecule has 27 heavy (non-hydrogen) atoms. The van der Waals surface area contributed by atoms with Crippen molar-refractivity contribution in [3.63, 3.8) is 0 Å². The first-order valence-corrected chi connectivity index (χ1v) is 9.19. The molecule has 0 aliphatic heterocycles. The molecule has 0 bridgehead atoms. The standard InChI is InChI=1S/C21H24N2O4/c1-3-12-23(21-22-17-10-5-6-11-19(17)27-21)14-15-8-7-9-16(13-15)26-18(4-2)20(24)25/h5-11,13,18H,3-4,12,14H2,1-2H3,(H,24,25). The third-order valence-corrected chi connectivity index (χ3v) is 4.24. The molecule has 1 N–H and O–H groups in total. The van der Waals surface area contributed by atoms with Gasteiger partial charge >= 0.3 is 5.97 Å². The SMILES string of the molecule is CCCN(Cc1cccc(OC(CC)C(=O)O)c1)c1nc2ccccc2o1. The normalized spacial score (nSPS) is 12.1. The predicted molar refractivity (Wildman–Crippen MR) is 104 cm³/mol. The smallest absolute Gasteiger partial charge is 0.344 e. The summed E-state index contributed by atoms with van der Waals surface area (Å²) in [4.78, 5) is 17.9. The van der Waals surface area contributed by atoms with E-state index in [0.717, 1.165) is 29.6 Å². The summed E-state index contributed by atoms with van der Waals surface area (Å²) < 4.78 is 11.5. The molecular formula is C21H24N2O4. The van der Waals surface area contributed by atoms with Gasteiger partial charge in [0.15, 0.2) is 11.7 Å². The summed E-state index contributed by atoms with van der Waals surface area (Å²) in [5.74, 6) is -0.405. The number of carboxylic acid groups (broad SMARTS) is 1. The Balaban J connectivity index is 1.80. The van der Waals surface area contributed by atoms with Crippen molar-refractivity contribution in [2.45, 2.75) is 39.3 Å². The average molecular weight is 368 g/mol. The van der Waals surface area contributed by atoms with Crippen molar-refractivity contribution in [2.75, 3.05) is 11.4 Å². The maximum Gasteiger partial charge on any atom is 0.344 e. The molecule has 0 saturated heterocycles. The summed E-state index contributed by atoms with van der Waals surface area (Å²) in [6, 6.07) is 15.8. The van der Waals surface area contributed by atoms with Crippen molar-refractivity contribution in [3.05, 3.63) is 54.1 Å². The second kappa shape index (κ2) is 8.58. The van der Waals surface area contributed by atoms with E-state index >= 15 is 0 Å². The van der Waals surface area contributed by atoms with Crippen molar-refractivity contribution in [1.82, 2.24) is 4.98 Å². The van der Waals surface area contributed by atoms with Gasteiger partial charge in [-0.05, 0) is 42.7 Å². The Morgan fingerprint density at radius 1 is 1.22 bits per heavy atom. The number of hydrogen-bond donors (Lipinski definition) is 1. The van der Waals surface area contributed by atoms with Gasteiger partial charge in [0.2, 0.25) is 0 Å². The molecule has 1 heterocycles. The Bertz CT molecular complexity index is 873. The van der Waals surface area contributed by atoms with Crippen LogP contribution in [0.1, 0.15) is 32.3 Å². The van der Waals surface area contributed by atoms with Gasteiger partial charge in [-0.2, -0.15) is 4.98 Å². The fourth-order valence-electron chi connectivity index (χ4n) is 2.92. The summed E-state index contributed by atoms with van der Waals surface area (Å²) in [5.41, 5.74) is 2.60. The minimum absolute atomic E-state index is 0.407. The number of fused-ring (bicyclic) bond motifs is 1. The van der Waals surface area contributed by atoms with Crippen LogP contribution in [0.2, 0.25) is 0 Å². The van der Waals surface area contributed by atoms with Crippen LogP contribution in [-0.2, 0) is 11.3 Å². The zero-order chi connectivity index (χ0) is 19.2. The van der Waals surface area contributed by atoms with Crippen molar-refractivity contribution >= 4 is 23.1 Å². The number of anilines is 1. The highest BCUT2D eigenvalue weighted by Crippen LogP contribution is 2.24. The minimum atomic E-state index is -0.956. The largest absolute Gasteiger partial charge is 0.479 e. The molecule has 0 spiro atoms. The lowest BCUT2D eigenvalue weighted by Gasteiger charge is -2.20. The quantitative estimate of drug-likeness (QED) is 0.600. The molecular weight excluding hydrogens is 344 g/mol. The number of aliphatic carboxylic acids is 1. The Hall–Kier alpha value is -3.02. The van der Waals surface area contributed by atoms with Crippen molar-refractivity contribution < 1.29 is 19.1 Å². The highest BCUT2D eigenvalue weighted by molar-refractivity contribution is 5.74. The lowest BCUT2D eigenvalue weighted by Crippen LogP contribution is -2.26. The second-order valence-electron chi connectivity index (χ2n) is 6.39. The van der Waals surface area contributed by atoms with Crippen LogP contribution in [0.25, 0.3) is 11.1 Å². The van der Waals surface area contributed by atoms with E-state index in [1.54, 1.807) is 13.0 Å². The second-order valence-corrected chi connectivity index (χ2v) is 6.39. The topological polar surface area (TPSA) is 75.8 Å². The first-order chi connectivity index (χ1) is 13.1. The molecule has 1 aromatic heterocycles. The van der Waals surface area contributed by atoms with E-state index in [2.05, 4.69) is 16.8 Å². The van der Waals surface area contributed by atoms with E-state index in [1.807, 2.05) is 42.5 Å². The molecule has 1 unspecified atom stereocenters. The summed E-state index contributed by atoms with van der Waals surface area (Å²) >= 11 is 0. The molecule has 0 aliphatic carbocycles. The van der Waals surface area contributed by atoms with Crippen molar-refractivity contribution in [3.8, 4) is 5.75 Å². The van der Waals surface area contributed by atoms with E-state index in [4.69, 9.17) is 9.15 Å². The minimum Gasteiger partial charge on any atom is -0.479 e. The van der Waals surface area contributed by atoms with Gasteiger partial charge in [0.05, 0.1) is 0 Å². The molecule has 2 aromatic carbocycles. The number of para-hydroxylation sites is 2. The van der Waals surface area contributed by atoms with Crippen LogP contribution in [0.3, 0.4) is 0 Å². The number of benzene rings is 2. The van der Waals surface area contributed by atoms with Crippen LogP contribution in [0.15, 0.2) is 52.9 Å². The lowest BCUT2D eigenvalue weighted by molar-refractivity contribution is -0.145. The van der Waals surface area contributed by atoms with E-state index < -0.39 is 12.1 Å². The van der Waals surface area contributed by atoms with Gasteiger partial charge in [-0.25, -0.2) is 4.79 Å². The predicted octanol–water partition coefficient (Wildman–Crippen LogP) is 4.49. The van der Waals surface area contributed by atoms with Gasteiger partial charge < -0.3 is 19.2 Å².